The monoisotopic (exact) mass is 461 g/mol. The number of hydrogen-bond donors (Lipinski definition) is 4. The zero-order chi connectivity index (χ0) is 24.1. The summed E-state index contributed by atoms with van der Waals surface area (Å²) in [6.07, 6.45) is 8.40. The van der Waals surface area contributed by atoms with Crippen LogP contribution in [0.5, 0.6) is 0 Å². The smallest absolute Gasteiger partial charge is 0.326 e. The fraction of sp³-hybridized carbons (Fsp3) is 0.231. The van der Waals surface area contributed by atoms with Gasteiger partial charge in [-0.15, -0.1) is 0 Å². The van der Waals surface area contributed by atoms with E-state index in [1.54, 1.807) is 19.3 Å². The number of nitrogens with zero attached hydrogens (tertiary/aromatic N) is 2. The zero-order valence-electron chi connectivity index (χ0n) is 19.2. The molecule has 176 valence electrons. The highest BCUT2D eigenvalue weighted by atomic mass is 19.1. The summed E-state index contributed by atoms with van der Waals surface area (Å²) >= 11 is 0. The number of imidazole rings is 1. The predicted molar refractivity (Wildman–Crippen MR) is 131 cm³/mol. The van der Waals surface area contributed by atoms with E-state index in [0.717, 1.165) is 28.3 Å². The summed E-state index contributed by atoms with van der Waals surface area (Å²) in [6.45, 7) is 4.36. The van der Waals surface area contributed by atoms with Gasteiger partial charge in [0.2, 0.25) is 0 Å². The molecule has 0 bridgehead atoms. The van der Waals surface area contributed by atoms with E-state index in [9.17, 15) is 14.3 Å². The van der Waals surface area contributed by atoms with Crippen molar-refractivity contribution in [3.8, 4) is 5.69 Å². The van der Waals surface area contributed by atoms with Crippen LogP contribution in [-0.4, -0.2) is 31.7 Å². The number of aromatic nitrogens is 3. The molecule has 0 aliphatic carbocycles. The molecule has 0 radical (unpaired) electrons. The van der Waals surface area contributed by atoms with Crippen LogP contribution in [0.4, 0.5) is 16.0 Å². The highest BCUT2D eigenvalue weighted by molar-refractivity contribution is 5.79. The number of anilines is 2. The molecule has 4 rings (SSSR count). The van der Waals surface area contributed by atoms with Gasteiger partial charge in [0.05, 0.1) is 0 Å². The minimum Gasteiger partial charge on any atom is -0.480 e. The van der Waals surface area contributed by atoms with Crippen LogP contribution in [0.1, 0.15) is 29.2 Å². The number of aromatic amines is 1. The molecule has 0 saturated heterocycles. The molecule has 2 aromatic heterocycles. The van der Waals surface area contributed by atoms with E-state index < -0.39 is 12.0 Å². The lowest BCUT2D eigenvalue weighted by atomic mass is 10.0. The van der Waals surface area contributed by atoms with Crippen LogP contribution in [0.3, 0.4) is 0 Å². The minimum atomic E-state index is -0.950. The topological polar surface area (TPSA) is 95.0 Å². The standard InChI is InChI=1S/C26H28FN5O2/c1-3-20-14-21(27)12-17(2)24(20)31-23(25(33)34)13-18-4-6-22(7-5-18)32-11-8-19(16-32)15-30-26-28-9-10-29-26/h4-12,14,16,23,31H,3,13,15H2,1-2H3,(H,33,34)(H2,28,29,30). The maximum atomic E-state index is 13.8. The van der Waals surface area contributed by atoms with Crippen molar-refractivity contribution in [1.29, 1.82) is 0 Å². The second-order valence-electron chi connectivity index (χ2n) is 8.23. The van der Waals surface area contributed by atoms with Crippen molar-refractivity contribution in [2.45, 2.75) is 39.3 Å². The van der Waals surface area contributed by atoms with Gasteiger partial charge in [0.1, 0.15) is 11.9 Å². The molecule has 0 aliphatic heterocycles. The number of nitrogens with one attached hydrogen (secondary N) is 3. The molecule has 8 heteroatoms. The van der Waals surface area contributed by atoms with Gasteiger partial charge in [0.15, 0.2) is 5.95 Å². The maximum Gasteiger partial charge on any atom is 0.326 e. The van der Waals surface area contributed by atoms with Gasteiger partial charge < -0.3 is 25.3 Å². The number of carbonyl (C=O) groups is 1. The van der Waals surface area contributed by atoms with E-state index in [-0.39, 0.29) is 5.82 Å². The highest BCUT2D eigenvalue weighted by Gasteiger charge is 2.20. The molecule has 1 unspecified atom stereocenters. The Morgan fingerprint density at radius 3 is 2.68 bits per heavy atom. The number of rotatable bonds is 10. The minimum absolute atomic E-state index is 0.305. The Bertz CT molecular complexity index is 1250. The van der Waals surface area contributed by atoms with Crippen molar-refractivity contribution >= 4 is 17.6 Å². The van der Waals surface area contributed by atoms with Crippen molar-refractivity contribution in [2.75, 3.05) is 10.6 Å². The first-order chi connectivity index (χ1) is 16.4. The van der Waals surface area contributed by atoms with Crippen molar-refractivity contribution in [3.63, 3.8) is 0 Å². The Hall–Kier alpha value is -4.07. The summed E-state index contributed by atoms with van der Waals surface area (Å²) in [5.41, 5.74) is 5.14. The molecular formula is C26H28FN5O2. The van der Waals surface area contributed by atoms with Gasteiger partial charge in [-0.25, -0.2) is 14.2 Å². The van der Waals surface area contributed by atoms with E-state index >= 15 is 0 Å². The molecule has 0 saturated carbocycles. The number of hydrogen-bond acceptors (Lipinski definition) is 4. The van der Waals surface area contributed by atoms with Gasteiger partial charge >= 0.3 is 5.97 Å². The van der Waals surface area contributed by atoms with E-state index in [2.05, 4.69) is 20.6 Å². The van der Waals surface area contributed by atoms with Crippen LogP contribution < -0.4 is 10.6 Å². The van der Waals surface area contributed by atoms with Crippen LogP contribution in [0, 0.1) is 12.7 Å². The molecule has 4 aromatic rings. The highest BCUT2D eigenvalue weighted by Crippen LogP contribution is 2.25. The first-order valence-corrected chi connectivity index (χ1v) is 11.2. The third kappa shape index (κ3) is 5.46. The molecule has 0 aliphatic rings. The van der Waals surface area contributed by atoms with Crippen LogP contribution >= 0.6 is 0 Å². The third-order valence-corrected chi connectivity index (χ3v) is 5.77. The van der Waals surface area contributed by atoms with E-state index in [1.807, 2.05) is 54.2 Å². The molecule has 2 aromatic carbocycles. The number of carboxylic acid groups (broad SMARTS) is 1. The summed E-state index contributed by atoms with van der Waals surface area (Å²) in [4.78, 5) is 19.1. The summed E-state index contributed by atoms with van der Waals surface area (Å²) in [5, 5.41) is 16.2. The number of carboxylic acids is 1. The Kier molecular flexibility index (Phi) is 6.96. The van der Waals surface area contributed by atoms with E-state index in [0.29, 0.717) is 30.6 Å². The largest absolute Gasteiger partial charge is 0.480 e. The quantitative estimate of drug-likeness (QED) is 0.269. The molecule has 0 amide bonds. The number of halogens is 1. The fourth-order valence-corrected chi connectivity index (χ4v) is 3.97. The molecule has 34 heavy (non-hydrogen) atoms. The number of H-pyrrole nitrogens is 1. The zero-order valence-corrected chi connectivity index (χ0v) is 19.2. The Morgan fingerprint density at radius 2 is 2.00 bits per heavy atom. The first kappa shape index (κ1) is 23.1. The Labute approximate surface area is 197 Å². The van der Waals surface area contributed by atoms with Crippen LogP contribution in [-0.2, 0) is 24.2 Å². The average Bonchev–Trinajstić information content (AvgIpc) is 3.51. The number of aryl methyl sites for hydroxylation is 2. The number of aliphatic carboxylic acids is 1. The SMILES string of the molecule is CCc1cc(F)cc(C)c1NC(Cc1ccc(-n2ccc(CNc3ncc[nH]3)c2)cc1)C(=O)O. The van der Waals surface area contributed by atoms with Crippen molar-refractivity contribution in [1.82, 2.24) is 14.5 Å². The van der Waals surface area contributed by atoms with Crippen molar-refractivity contribution in [2.24, 2.45) is 0 Å². The maximum absolute atomic E-state index is 13.8. The van der Waals surface area contributed by atoms with Crippen molar-refractivity contribution < 1.29 is 14.3 Å². The van der Waals surface area contributed by atoms with Gasteiger partial charge in [0.25, 0.3) is 0 Å². The van der Waals surface area contributed by atoms with E-state index in [4.69, 9.17) is 0 Å². The second-order valence-corrected chi connectivity index (χ2v) is 8.23. The molecule has 7 nitrogen and oxygen atoms in total. The fourth-order valence-electron chi connectivity index (χ4n) is 3.97. The number of benzene rings is 2. The second kappa shape index (κ2) is 10.2. The first-order valence-electron chi connectivity index (χ1n) is 11.2. The lowest BCUT2D eigenvalue weighted by Gasteiger charge is -2.20. The van der Waals surface area contributed by atoms with Gasteiger partial charge in [-0.2, -0.15) is 0 Å². The lowest BCUT2D eigenvalue weighted by molar-refractivity contribution is -0.137. The third-order valence-electron chi connectivity index (χ3n) is 5.77. The molecule has 1 atom stereocenters. The molecule has 0 fully saturated rings. The normalized spacial score (nSPS) is 11.9. The summed E-state index contributed by atoms with van der Waals surface area (Å²) in [7, 11) is 0. The molecule has 4 N–H and O–H groups in total. The van der Waals surface area contributed by atoms with Gasteiger partial charge in [-0.3, -0.25) is 0 Å². The van der Waals surface area contributed by atoms with Crippen LogP contribution in [0.2, 0.25) is 0 Å². The van der Waals surface area contributed by atoms with Crippen LogP contribution in [0.25, 0.3) is 5.69 Å². The van der Waals surface area contributed by atoms with Gasteiger partial charge in [-0.1, -0.05) is 19.1 Å². The predicted octanol–water partition coefficient (Wildman–Crippen LogP) is 4.93. The summed E-state index contributed by atoms with van der Waals surface area (Å²) in [6, 6.07) is 11.9. The Morgan fingerprint density at radius 1 is 1.21 bits per heavy atom. The van der Waals surface area contributed by atoms with E-state index in [1.165, 1.54) is 12.1 Å². The molecular weight excluding hydrogens is 433 g/mol. The van der Waals surface area contributed by atoms with Gasteiger partial charge in [0, 0.05) is 49.1 Å². The van der Waals surface area contributed by atoms with Crippen LogP contribution in [0.15, 0.2) is 67.3 Å². The summed E-state index contributed by atoms with van der Waals surface area (Å²) in [5.74, 6) is -0.540. The molecule has 2 heterocycles. The average molecular weight is 462 g/mol. The summed E-state index contributed by atoms with van der Waals surface area (Å²) < 4.78 is 15.8. The molecule has 0 spiro atoms. The van der Waals surface area contributed by atoms with Crippen molar-refractivity contribution in [3.05, 3.63) is 95.3 Å². The lowest BCUT2D eigenvalue weighted by Crippen LogP contribution is -2.32. The Balaban J connectivity index is 1.43. The van der Waals surface area contributed by atoms with Gasteiger partial charge in [-0.05, 0) is 65.9 Å².